The largest absolute Gasteiger partial charge is 0.343 e. The highest BCUT2D eigenvalue weighted by Gasteiger charge is 2.14. The van der Waals surface area contributed by atoms with Crippen molar-refractivity contribution in [3.63, 3.8) is 0 Å². The Morgan fingerprint density at radius 2 is 1.68 bits per heavy atom. The Labute approximate surface area is 133 Å². The van der Waals surface area contributed by atoms with Crippen molar-refractivity contribution in [1.29, 1.82) is 0 Å². The molecule has 2 aromatic carbocycles. The number of benzene rings is 2. The highest BCUT2D eigenvalue weighted by Crippen LogP contribution is 2.25. The predicted molar refractivity (Wildman–Crippen MR) is 89.9 cm³/mol. The molecule has 0 aliphatic heterocycles. The van der Waals surface area contributed by atoms with Gasteiger partial charge >= 0.3 is 0 Å². The van der Waals surface area contributed by atoms with Crippen LogP contribution in [0.15, 0.2) is 66.0 Å². The van der Waals surface area contributed by atoms with Crippen molar-refractivity contribution in [2.24, 2.45) is 0 Å². The third-order valence-electron chi connectivity index (χ3n) is 3.35. The average Bonchev–Trinajstić information content (AvgIpc) is 3.06. The van der Waals surface area contributed by atoms with E-state index in [1.807, 2.05) is 60.8 Å². The van der Waals surface area contributed by atoms with E-state index in [4.69, 9.17) is 0 Å². The zero-order valence-electron chi connectivity index (χ0n) is 12.2. The molecule has 1 aromatic heterocycles. The van der Waals surface area contributed by atoms with E-state index in [1.165, 1.54) is 0 Å². The smallest absolute Gasteiger partial charge is 0.251 e. The number of amides is 1. The van der Waals surface area contributed by atoms with Crippen molar-refractivity contribution in [2.75, 3.05) is 0 Å². The van der Waals surface area contributed by atoms with Gasteiger partial charge in [0, 0.05) is 16.5 Å². The van der Waals surface area contributed by atoms with E-state index in [0.717, 1.165) is 16.3 Å². The number of carbonyl (C=O) groups excluding carboxylic acids is 1. The van der Waals surface area contributed by atoms with Crippen LogP contribution in [0, 0.1) is 0 Å². The van der Waals surface area contributed by atoms with Crippen LogP contribution in [0.4, 0.5) is 0 Å². The second-order valence-electron chi connectivity index (χ2n) is 5.00. The van der Waals surface area contributed by atoms with Crippen molar-refractivity contribution < 1.29 is 4.79 Å². The lowest BCUT2D eigenvalue weighted by atomic mass is 10.2. The Morgan fingerprint density at radius 3 is 2.36 bits per heavy atom. The topological polar surface area (TPSA) is 42.0 Å². The third-order valence-corrected chi connectivity index (χ3v) is 4.37. The Balaban J connectivity index is 1.72. The van der Waals surface area contributed by atoms with Gasteiger partial charge in [-0.1, -0.05) is 48.5 Å². The molecule has 0 saturated carbocycles. The summed E-state index contributed by atoms with van der Waals surface area (Å²) in [7, 11) is 0. The van der Waals surface area contributed by atoms with E-state index in [2.05, 4.69) is 10.3 Å². The first-order valence-electron chi connectivity index (χ1n) is 7.11. The fourth-order valence-electron chi connectivity index (χ4n) is 2.16. The molecule has 0 fully saturated rings. The molecule has 1 atom stereocenters. The van der Waals surface area contributed by atoms with Gasteiger partial charge in [-0.15, -0.1) is 11.3 Å². The van der Waals surface area contributed by atoms with E-state index < -0.39 is 0 Å². The minimum Gasteiger partial charge on any atom is -0.343 e. The van der Waals surface area contributed by atoms with Crippen LogP contribution in [-0.4, -0.2) is 10.9 Å². The van der Waals surface area contributed by atoms with Crippen LogP contribution in [0.1, 0.15) is 28.3 Å². The second kappa shape index (κ2) is 6.54. The van der Waals surface area contributed by atoms with Gasteiger partial charge < -0.3 is 5.32 Å². The Kier molecular flexibility index (Phi) is 4.30. The lowest BCUT2D eigenvalue weighted by Crippen LogP contribution is -2.26. The molecule has 1 heterocycles. The fourth-order valence-corrected chi connectivity index (χ4v) is 2.99. The van der Waals surface area contributed by atoms with Crippen molar-refractivity contribution in [2.45, 2.75) is 13.0 Å². The number of hydrogen-bond acceptors (Lipinski definition) is 3. The molecule has 3 nitrogen and oxygen atoms in total. The van der Waals surface area contributed by atoms with Gasteiger partial charge in [0.05, 0.1) is 11.7 Å². The molecule has 0 spiro atoms. The summed E-state index contributed by atoms with van der Waals surface area (Å²) in [6, 6.07) is 19.1. The van der Waals surface area contributed by atoms with Crippen LogP contribution in [0.25, 0.3) is 11.3 Å². The highest BCUT2D eigenvalue weighted by atomic mass is 32.1. The second-order valence-corrected chi connectivity index (χ2v) is 5.89. The van der Waals surface area contributed by atoms with E-state index >= 15 is 0 Å². The minimum atomic E-state index is -0.116. The molecule has 4 heteroatoms. The van der Waals surface area contributed by atoms with Gasteiger partial charge in [0.25, 0.3) is 5.91 Å². The average molecular weight is 308 g/mol. The van der Waals surface area contributed by atoms with Gasteiger partial charge in [-0.3, -0.25) is 4.79 Å². The van der Waals surface area contributed by atoms with E-state index in [-0.39, 0.29) is 11.9 Å². The maximum atomic E-state index is 12.2. The van der Waals surface area contributed by atoms with Gasteiger partial charge in [-0.25, -0.2) is 4.98 Å². The van der Waals surface area contributed by atoms with Gasteiger partial charge in [-0.05, 0) is 19.1 Å². The van der Waals surface area contributed by atoms with E-state index in [0.29, 0.717) is 5.56 Å². The summed E-state index contributed by atoms with van der Waals surface area (Å²) in [5, 5.41) is 5.92. The first-order valence-corrected chi connectivity index (χ1v) is 7.99. The van der Waals surface area contributed by atoms with Crippen molar-refractivity contribution in [3.8, 4) is 11.3 Å². The molecule has 22 heavy (non-hydrogen) atoms. The molecule has 3 aromatic rings. The van der Waals surface area contributed by atoms with Crippen molar-refractivity contribution in [1.82, 2.24) is 10.3 Å². The summed E-state index contributed by atoms with van der Waals surface area (Å²) in [5.41, 5.74) is 2.70. The molecule has 1 amide bonds. The zero-order chi connectivity index (χ0) is 15.4. The standard InChI is InChI=1S/C18H16N2OS/c1-13(19-17(21)15-10-6-3-7-11-15)18-20-16(12-22-18)14-8-4-2-5-9-14/h2-13H,1H3,(H,19,21)/t13-/m1/s1. The maximum Gasteiger partial charge on any atom is 0.251 e. The van der Waals surface area contributed by atoms with Crippen LogP contribution in [0.2, 0.25) is 0 Å². The third kappa shape index (κ3) is 3.23. The minimum absolute atomic E-state index is 0.0791. The van der Waals surface area contributed by atoms with Gasteiger partial charge in [-0.2, -0.15) is 0 Å². The Morgan fingerprint density at radius 1 is 1.05 bits per heavy atom. The SMILES string of the molecule is C[C@@H](NC(=O)c1ccccc1)c1nc(-c2ccccc2)cs1. The summed E-state index contributed by atoms with van der Waals surface area (Å²) in [5.74, 6) is -0.0791. The zero-order valence-corrected chi connectivity index (χ0v) is 13.0. The van der Waals surface area contributed by atoms with Crippen LogP contribution >= 0.6 is 11.3 Å². The quantitative estimate of drug-likeness (QED) is 0.780. The van der Waals surface area contributed by atoms with Crippen molar-refractivity contribution >= 4 is 17.2 Å². The van der Waals surface area contributed by atoms with Crippen LogP contribution < -0.4 is 5.32 Å². The highest BCUT2D eigenvalue weighted by molar-refractivity contribution is 7.10. The van der Waals surface area contributed by atoms with Crippen LogP contribution in [0.5, 0.6) is 0 Å². The molecule has 0 aliphatic carbocycles. The molecule has 110 valence electrons. The number of rotatable bonds is 4. The summed E-state index contributed by atoms with van der Waals surface area (Å²) in [6.07, 6.45) is 0. The fraction of sp³-hybridized carbons (Fsp3) is 0.111. The first kappa shape index (κ1) is 14.5. The molecular formula is C18H16N2OS. The molecular weight excluding hydrogens is 292 g/mol. The number of carbonyl (C=O) groups is 1. The molecule has 0 radical (unpaired) electrons. The van der Waals surface area contributed by atoms with Gasteiger partial charge in [0.2, 0.25) is 0 Å². The Bertz CT molecular complexity index is 753. The maximum absolute atomic E-state index is 12.2. The number of nitrogens with one attached hydrogen (secondary N) is 1. The summed E-state index contributed by atoms with van der Waals surface area (Å²) in [6.45, 7) is 1.95. The van der Waals surface area contributed by atoms with E-state index in [9.17, 15) is 4.79 Å². The van der Waals surface area contributed by atoms with Crippen LogP contribution in [-0.2, 0) is 0 Å². The predicted octanol–water partition coefficient (Wildman–Crippen LogP) is 4.30. The van der Waals surface area contributed by atoms with Crippen LogP contribution in [0.3, 0.4) is 0 Å². The lowest BCUT2D eigenvalue weighted by Gasteiger charge is -2.11. The summed E-state index contributed by atoms with van der Waals surface area (Å²) in [4.78, 5) is 16.8. The number of hydrogen-bond donors (Lipinski definition) is 1. The molecule has 0 aliphatic rings. The molecule has 0 saturated heterocycles. The number of nitrogens with zero attached hydrogens (tertiary/aromatic N) is 1. The molecule has 1 N–H and O–H groups in total. The lowest BCUT2D eigenvalue weighted by molar-refractivity contribution is 0.0940. The molecule has 0 unspecified atom stereocenters. The Hall–Kier alpha value is -2.46. The van der Waals surface area contributed by atoms with Gasteiger partial charge in [0.15, 0.2) is 0 Å². The summed E-state index contributed by atoms with van der Waals surface area (Å²) >= 11 is 1.56. The number of aromatic nitrogens is 1. The molecule has 0 bridgehead atoms. The summed E-state index contributed by atoms with van der Waals surface area (Å²) < 4.78 is 0. The number of thiazole rings is 1. The van der Waals surface area contributed by atoms with Crippen molar-refractivity contribution in [3.05, 3.63) is 76.6 Å². The van der Waals surface area contributed by atoms with Gasteiger partial charge in [0.1, 0.15) is 5.01 Å². The normalized spacial score (nSPS) is 11.9. The monoisotopic (exact) mass is 308 g/mol. The first-order chi connectivity index (χ1) is 10.7. The van der Waals surface area contributed by atoms with E-state index in [1.54, 1.807) is 23.5 Å². The molecule has 3 rings (SSSR count).